The van der Waals surface area contributed by atoms with Crippen LogP contribution in [0, 0.1) is 15.5 Å². The third-order valence-corrected chi connectivity index (χ3v) is 13.6. The van der Waals surface area contributed by atoms with E-state index in [-0.39, 0.29) is 38.1 Å². The largest absolute Gasteiger partial charge is 0.859 e. The smallest absolute Gasteiger partial charge is 0.266 e. The van der Waals surface area contributed by atoms with Gasteiger partial charge in [-0.05, 0) is 109 Å². The molecule has 1 fully saturated rings. The highest BCUT2D eigenvalue weighted by Crippen LogP contribution is 2.40. The Morgan fingerprint density at radius 2 is 1.20 bits per heavy atom. The fourth-order valence-corrected chi connectivity index (χ4v) is 10.8. The number of nitrogens with one attached hydrogen (secondary N) is 1. The first-order valence-corrected chi connectivity index (χ1v) is 22.6. The number of aromatic nitrogens is 5. The van der Waals surface area contributed by atoms with E-state index < -0.39 is 28.8 Å². The molecule has 0 aliphatic carbocycles. The molecule has 0 amide bonds. The standard InChI is InChI=1S/C52H44N6O6S2/c1-64-42-26-25-34(28-36(42)32-53-29-33-27-35(31-53)41-23-14-24-43(59)54(41)30-33)44(45-47(60)55(37-15-6-2-7-16-37)51(65)56(48(45)61)38-17-8-3-9-18-38)46-49(62)57(39-19-10-4-11-20-39)52(66)58(50(46)63)40-21-12-5-13-22-40/h2-26,28,33,35,44,60,62H,27,29-32H2,1H3/t33-,35+/m0/s1. The number of rotatable bonds is 10. The lowest BCUT2D eigenvalue weighted by Gasteiger charge is -2.40. The lowest BCUT2D eigenvalue weighted by atomic mass is 9.82. The van der Waals surface area contributed by atoms with E-state index in [2.05, 4.69) is 0 Å². The van der Waals surface area contributed by atoms with Crippen LogP contribution in [-0.4, -0.2) is 48.1 Å². The summed E-state index contributed by atoms with van der Waals surface area (Å²) >= 11 is 12.1. The van der Waals surface area contributed by atoms with Gasteiger partial charge in [-0.15, -0.1) is 0 Å². The number of piperidine rings is 1. The Kier molecular flexibility index (Phi) is 11.3. The monoisotopic (exact) mass is 912 g/mol. The molecular weight excluding hydrogens is 869 g/mol. The van der Waals surface area contributed by atoms with Crippen LogP contribution in [0.5, 0.6) is 17.5 Å². The first-order chi connectivity index (χ1) is 32.1. The van der Waals surface area contributed by atoms with Gasteiger partial charge in [-0.1, -0.05) is 84.9 Å². The molecule has 2 N–H and O–H groups in total. The van der Waals surface area contributed by atoms with Crippen molar-refractivity contribution >= 4 is 24.4 Å². The van der Waals surface area contributed by atoms with E-state index in [4.69, 9.17) is 29.2 Å². The van der Waals surface area contributed by atoms with Gasteiger partial charge in [-0.25, -0.2) is 0 Å². The summed E-state index contributed by atoms with van der Waals surface area (Å²) in [5.74, 6) is -1.75. The number of fused-ring (bicyclic) bond motifs is 4. The number of hydrogen-bond donors (Lipinski definition) is 2. The Labute approximate surface area is 389 Å². The molecule has 3 aromatic heterocycles. The molecule has 2 unspecified atom stereocenters. The van der Waals surface area contributed by atoms with Crippen LogP contribution in [0.25, 0.3) is 22.7 Å². The number of methoxy groups -OCH3 is 1. The zero-order valence-electron chi connectivity index (χ0n) is 35.8. The van der Waals surface area contributed by atoms with Crippen molar-refractivity contribution in [1.82, 2.24) is 22.8 Å². The molecule has 10 rings (SSSR count). The first kappa shape index (κ1) is 42.6. The van der Waals surface area contributed by atoms with E-state index in [1.165, 1.54) is 23.2 Å². The predicted octanol–water partition coefficient (Wildman–Crippen LogP) is 6.36. The van der Waals surface area contributed by atoms with E-state index in [0.29, 0.717) is 47.2 Å². The van der Waals surface area contributed by atoms with Crippen LogP contribution < -0.4 is 31.4 Å². The van der Waals surface area contributed by atoms with Gasteiger partial charge in [0.05, 0.1) is 48.7 Å². The fraction of sp³-hybridized carbons (Fsp3) is 0.173. The molecule has 4 atom stereocenters. The molecule has 0 spiro atoms. The second kappa shape index (κ2) is 17.5. The minimum absolute atomic E-state index is 0.0139. The normalized spacial score (nSPS) is 16.9. The molecule has 8 aromatic rings. The third kappa shape index (κ3) is 7.42. The number of ether oxygens (including phenoxy) is 1. The number of likely N-dealkylation sites (tertiary alicyclic amines) is 1. The summed E-state index contributed by atoms with van der Waals surface area (Å²) in [6.07, 6.45) is 0.986. The third-order valence-electron chi connectivity index (χ3n) is 12.9. The molecule has 330 valence electrons. The van der Waals surface area contributed by atoms with Crippen molar-refractivity contribution in [2.24, 2.45) is 5.92 Å². The quantitative estimate of drug-likeness (QED) is 0.152. The predicted molar refractivity (Wildman–Crippen MR) is 255 cm³/mol. The molecular formula is C52H44N6O6S2. The lowest BCUT2D eigenvalue weighted by molar-refractivity contribution is -0.924. The Balaban J connectivity index is 1.26. The van der Waals surface area contributed by atoms with Gasteiger partial charge in [0.15, 0.2) is 9.54 Å². The van der Waals surface area contributed by atoms with Crippen molar-refractivity contribution in [3.8, 4) is 40.3 Å². The minimum atomic E-state index is -1.49. The average Bonchev–Trinajstić information content (AvgIpc) is 3.33. The second-order valence-corrected chi connectivity index (χ2v) is 17.6. The van der Waals surface area contributed by atoms with Crippen LogP contribution in [0.15, 0.2) is 172 Å². The van der Waals surface area contributed by atoms with Gasteiger partial charge in [-0.3, -0.25) is 28.1 Å². The fourth-order valence-electron chi connectivity index (χ4n) is 10.1. The molecule has 0 radical (unpaired) electrons. The molecule has 14 heteroatoms. The highest BCUT2D eigenvalue weighted by Gasteiger charge is 2.38. The number of quaternary nitrogens is 1. The topological polar surface area (TPSA) is 133 Å². The molecule has 5 heterocycles. The first-order valence-electron chi connectivity index (χ1n) is 21.7. The van der Waals surface area contributed by atoms with Gasteiger partial charge in [0.2, 0.25) is 5.88 Å². The number of aromatic hydroxyl groups is 1. The van der Waals surface area contributed by atoms with Crippen molar-refractivity contribution in [3.05, 3.63) is 226 Å². The highest BCUT2D eigenvalue weighted by atomic mass is 32.1. The van der Waals surface area contributed by atoms with Gasteiger partial charge in [0.25, 0.3) is 16.7 Å². The van der Waals surface area contributed by atoms with Crippen molar-refractivity contribution in [1.29, 1.82) is 0 Å². The Morgan fingerprint density at radius 1 is 0.667 bits per heavy atom. The maximum absolute atomic E-state index is 15.6. The lowest BCUT2D eigenvalue weighted by Crippen LogP contribution is -3.13. The number of para-hydroxylation sites is 4. The van der Waals surface area contributed by atoms with E-state index in [1.807, 2.05) is 47.0 Å². The van der Waals surface area contributed by atoms with Crippen molar-refractivity contribution in [2.75, 3.05) is 20.2 Å². The van der Waals surface area contributed by atoms with Gasteiger partial charge >= 0.3 is 0 Å². The second-order valence-electron chi connectivity index (χ2n) is 16.9. The van der Waals surface area contributed by atoms with E-state index >= 15 is 14.7 Å². The van der Waals surface area contributed by atoms with Gasteiger partial charge < -0.3 is 29.0 Å². The number of nitrogens with zero attached hydrogens (tertiary/aromatic N) is 5. The highest BCUT2D eigenvalue weighted by molar-refractivity contribution is 7.71. The van der Waals surface area contributed by atoms with Crippen LogP contribution in [0.1, 0.15) is 46.2 Å². The summed E-state index contributed by atoms with van der Waals surface area (Å²) < 4.78 is 13.1. The number of hydrogen-bond acceptors (Lipinski definition) is 8. The van der Waals surface area contributed by atoms with E-state index in [9.17, 15) is 9.90 Å². The molecule has 12 nitrogen and oxygen atoms in total. The van der Waals surface area contributed by atoms with E-state index in [1.54, 1.807) is 122 Å². The van der Waals surface area contributed by atoms with Crippen LogP contribution >= 0.6 is 24.4 Å². The summed E-state index contributed by atoms with van der Waals surface area (Å²) in [4.78, 5) is 45.3. The van der Waals surface area contributed by atoms with Gasteiger partial charge in [-0.2, -0.15) is 0 Å². The summed E-state index contributed by atoms with van der Waals surface area (Å²) in [5.41, 5.74) is 1.83. The molecule has 2 bridgehead atoms. The molecule has 1 saturated heterocycles. The van der Waals surface area contributed by atoms with Crippen LogP contribution in [0.3, 0.4) is 0 Å². The van der Waals surface area contributed by atoms with Crippen LogP contribution in [0.4, 0.5) is 0 Å². The zero-order valence-corrected chi connectivity index (χ0v) is 37.5. The molecule has 2 aliphatic heterocycles. The zero-order chi connectivity index (χ0) is 45.6. The van der Waals surface area contributed by atoms with Gasteiger partial charge in [0.1, 0.15) is 12.3 Å². The summed E-state index contributed by atoms with van der Waals surface area (Å²) in [6, 6.07) is 46.2. The van der Waals surface area contributed by atoms with Crippen LogP contribution in [-0.2, 0) is 13.1 Å². The Bertz CT molecular complexity index is 3280. The maximum Gasteiger partial charge on any atom is 0.266 e. The van der Waals surface area contributed by atoms with Crippen molar-refractivity contribution in [3.63, 3.8) is 0 Å². The molecule has 66 heavy (non-hydrogen) atoms. The molecule has 2 aliphatic rings. The summed E-state index contributed by atoms with van der Waals surface area (Å²) in [5, 5.41) is 28.3. The van der Waals surface area contributed by atoms with E-state index in [0.717, 1.165) is 30.8 Å². The summed E-state index contributed by atoms with van der Waals surface area (Å²) in [7, 11) is 1.59. The molecule has 5 aromatic carbocycles. The number of pyridine rings is 1. The van der Waals surface area contributed by atoms with Crippen LogP contribution in [0.2, 0.25) is 0 Å². The molecule has 0 saturated carbocycles. The summed E-state index contributed by atoms with van der Waals surface area (Å²) in [6.45, 7) is 2.71. The Hall–Kier alpha value is -7.39. The SMILES string of the molecule is COc1ccc(C(c2c([O-])n(-c3ccccc3)c(=S)n(-c3ccccc3)c2=O)c2c(O)n(-c3ccccc3)c(=S)n(-c3ccccc3)c2=O)cc1C[NH+]1C[C@@H]2C[C@H](C1)c1cccc(=O)n1C2. The van der Waals surface area contributed by atoms with Crippen molar-refractivity contribution < 1.29 is 19.8 Å². The maximum atomic E-state index is 15.6. The number of benzene rings is 5. The van der Waals surface area contributed by atoms with Gasteiger partial charge in [0, 0.05) is 47.0 Å². The minimum Gasteiger partial charge on any atom is -0.859 e. The van der Waals surface area contributed by atoms with Crippen molar-refractivity contribution in [2.45, 2.75) is 31.3 Å². The Morgan fingerprint density at radius 3 is 1.77 bits per heavy atom. The average molecular weight is 913 g/mol.